The van der Waals surface area contributed by atoms with Gasteiger partial charge in [0.25, 0.3) is 0 Å². The zero-order valence-corrected chi connectivity index (χ0v) is 10.8. The summed E-state index contributed by atoms with van der Waals surface area (Å²) in [5.41, 5.74) is 3.77. The number of hydrogen-bond donors (Lipinski definition) is 1. The van der Waals surface area contributed by atoms with Crippen molar-refractivity contribution in [1.29, 1.82) is 0 Å². The molecule has 1 aliphatic carbocycles. The van der Waals surface area contributed by atoms with Crippen molar-refractivity contribution in [3.8, 4) is 0 Å². The van der Waals surface area contributed by atoms with Crippen LogP contribution in [0.3, 0.4) is 0 Å². The molecule has 17 heavy (non-hydrogen) atoms. The molecule has 0 heterocycles. The fourth-order valence-electron chi connectivity index (χ4n) is 2.56. The Bertz CT molecular complexity index is 358. The monoisotopic (exact) mass is 229 g/mol. The summed E-state index contributed by atoms with van der Waals surface area (Å²) in [7, 11) is 0. The topological polar surface area (TPSA) is 12.0 Å². The van der Waals surface area contributed by atoms with Gasteiger partial charge in [-0.3, -0.25) is 0 Å². The van der Waals surface area contributed by atoms with Gasteiger partial charge in [0, 0.05) is 11.4 Å². The molecule has 0 saturated heterocycles. The van der Waals surface area contributed by atoms with Crippen molar-refractivity contribution in [2.24, 2.45) is 5.92 Å². The van der Waals surface area contributed by atoms with Crippen LogP contribution in [0.25, 0.3) is 0 Å². The van der Waals surface area contributed by atoms with Crippen LogP contribution in [-0.2, 0) is 6.42 Å². The third-order valence-corrected chi connectivity index (χ3v) is 3.77. The molecule has 0 atom stereocenters. The van der Waals surface area contributed by atoms with Gasteiger partial charge in [-0.1, -0.05) is 44.9 Å². The summed E-state index contributed by atoms with van der Waals surface area (Å²) in [4.78, 5) is 0. The lowest BCUT2D eigenvalue weighted by Crippen LogP contribution is -2.14. The highest BCUT2D eigenvalue weighted by atomic mass is 14.9. The van der Waals surface area contributed by atoms with Crippen molar-refractivity contribution in [2.75, 3.05) is 5.32 Å². The molecule has 0 spiro atoms. The smallest absolute Gasteiger partial charge is 0.0381 e. The van der Waals surface area contributed by atoms with E-state index in [4.69, 9.17) is 0 Å². The maximum absolute atomic E-state index is 4.21. The Labute approximate surface area is 105 Å². The summed E-state index contributed by atoms with van der Waals surface area (Å²) in [6.45, 7) is 6.39. The van der Waals surface area contributed by atoms with Crippen LogP contribution in [0.5, 0.6) is 0 Å². The van der Waals surface area contributed by atoms with Crippen LogP contribution in [0, 0.1) is 5.92 Å². The van der Waals surface area contributed by atoms with Gasteiger partial charge in [-0.05, 0) is 42.9 Å². The molecule has 0 aliphatic heterocycles. The number of anilines is 1. The lowest BCUT2D eigenvalue weighted by Gasteiger charge is -2.24. The Balaban J connectivity index is 1.92. The molecule has 0 bridgehead atoms. The van der Waals surface area contributed by atoms with E-state index in [2.05, 4.69) is 43.1 Å². The molecule has 0 amide bonds. The van der Waals surface area contributed by atoms with Crippen molar-refractivity contribution in [3.63, 3.8) is 0 Å². The molecule has 0 unspecified atom stereocenters. The molecule has 1 heteroatoms. The molecule has 0 aromatic heterocycles. The molecule has 0 radical (unpaired) electrons. The first kappa shape index (κ1) is 12.2. The standard InChI is InChI=1S/C16H23N/c1-3-14-9-11-16(12-10-14)17-13(2)15-7-5-4-6-8-15/h9-12,15,17H,2-8H2,1H3. The van der Waals surface area contributed by atoms with E-state index in [1.54, 1.807) is 0 Å². The van der Waals surface area contributed by atoms with Gasteiger partial charge in [0.2, 0.25) is 0 Å². The van der Waals surface area contributed by atoms with Crippen molar-refractivity contribution in [3.05, 3.63) is 42.1 Å². The van der Waals surface area contributed by atoms with Crippen LogP contribution in [0.15, 0.2) is 36.5 Å². The zero-order valence-electron chi connectivity index (χ0n) is 10.8. The van der Waals surface area contributed by atoms with E-state index < -0.39 is 0 Å². The van der Waals surface area contributed by atoms with E-state index in [1.807, 2.05) is 0 Å². The highest BCUT2D eigenvalue weighted by Crippen LogP contribution is 2.29. The number of nitrogens with one attached hydrogen (secondary N) is 1. The van der Waals surface area contributed by atoms with Gasteiger partial charge in [0.1, 0.15) is 0 Å². The minimum absolute atomic E-state index is 0.676. The number of aryl methyl sites for hydroxylation is 1. The third kappa shape index (κ3) is 3.36. The van der Waals surface area contributed by atoms with Crippen LogP contribution in [-0.4, -0.2) is 0 Å². The largest absolute Gasteiger partial charge is 0.359 e. The average Bonchev–Trinajstić information content (AvgIpc) is 2.40. The van der Waals surface area contributed by atoms with E-state index in [0.29, 0.717) is 5.92 Å². The summed E-state index contributed by atoms with van der Waals surface area (Å²) < 4.78 is 0. The lowest BCUT2D eigenvalue weighted by atomic mass is 9.87. The summed E-state index contributed by atoms with van der Waals surface area (Å²) in [6, 6.07) is 8.70. The van der Waals surface area contributed by atoms with E-state index >= 15 is 0 Å². The summed E-state index contributed by atoms with van der Waals surface area (Å²) in [5.74, 6) is 0.676. The maximum Gasteiger partial charge on any atom is 0.0381 e. The number of rotatable bonds is 4. The Morgan fingerprint density at radius 1 is 1.18 bits per heavy atom. The summed E-state index contributed by atoms with van der Waals surface area (Å²) in [5, 5.41) is 3.47. The Hall–Kier alpha value is -1.24. The third-order valence-electron chi connectivity index (χ3n) is 3.77. The van der Waals surface area contributed by atoms with Crippen molar-refractivity contribution < 1.29 is 0 Å². The fourth-order valence-corrected chi connectivity index (χ4v) is 2.56. The maximum atomic E-state index is 4.21. The molecule has 1 aromatic rings. The first-order chi connectivity index (χ1) is 8.29. The molecule has 1 saturated carbocycles. The lowest BCUT2D eigenvalue weighted by molar-refractivity contribution is 0.405. The van der Waals surface area contributed by atoms with Gasteiger partial charge in [-0.25, -0.2) is 0 Å². The van der Waals surface area contributed by atoms with E-state index in [-0.39, 0.29) is 0 Å². The SMILES string of the molecule is C=C(Nc1ccc(CC)cc1)C1CCCCC1. The second-order valence-corrected chi connectivity index (χ2v) is 5.04. The second kappa shape index (κ2) is 5.90. The highest BCUT2D eigenvalue weighted by molar-refractivity contribution is 5.49. The molecule has 1 N–H and O–H groups in total. The number of benzene rings is 1. The predicted molar refractivity (Wildman–Crippen MR) is 75.2 cm³/mol. The second-order valence-electron chi connectivity index (χ2n) is 5.04. The van der Waals surface area contributed by atoms with Crippen molar-refractivity contribution >= 4 is 5.69 Å². The molecule has 1 aromatic carbocycles. The summed E-state index contributed by atoms with van der Waals surface area (Å²) >= 11 is 0. The van der Waals surface area contributed by atoms with Gasteiger partial charge >= 0.3 is 0 Å². The highest BCUT2D eigenvalue weighted by Gasteiger charge is 2.16. The van der Waals surface area contributed by atoms with Gasteiger partial charge in [0.05, 0.1) is 0 Å². The molecule has 1 aliphatic rings. The average molecular weight is 229 g/mol. The van der Waals surface area contributed by atoms with E-state index in [0.717, 1.165) is 6.42 Å². The minimum atomic E-state index is 0.676. The van der Waals surface area contributed by atoms with Crippen LogP contribution in [0.1, 0.15) is 44.6 Å². The van der Waals surface area contributed by atoms with Crippen molar-refractivity contribution in [1.82, 2.24) is 0 Å². The molecule has 1 nitrogen and oxygen atoms in total. The number of allylic oxidation sites excluding steroid dienone is 1. The molecule has 92 valence electrons. The van der Waals surface area contributed by atoms with E-state index in [1.165, 1.54) is 49.1 Å². The normalized spacial score (nSPS) is 16.8. The van der Waals surface area contributed by atoms with Crippen LogP contribution in [0.4, 0.5) is 5.69 Å². The first-order valence-electron chi connectivity index (χ1n) is 6.84. The van der Waals surface area contributed by atoms with Gasteiger partial charge in [-0.15, -0.1) is 0 Å². The van der Waals surface area contributed by atoms with Crippen LogP contribution < -0.4 is 5.32 Å². The van der Waals surface area contributed by atoms with Crippen LogP contribution in [0.2, 0.25) is 0 Å². The Morgan fingerprint density at radius 2 is 1.82 bits per heavy atom. The summed E-state index contributed by atoms with van der Waals surface area (Å²) in [6.07, 6.45) is 7.83. The molecule has 1 fully saturated rings. The minimum Gasteiger partial charge on any atom is -0.359 e. The predicted octanol–water partition coefficient (Wildman–Crippen LogP) is 4.75. The number of hydrogen-bond acceptors (Lipinski definition) is 1. The van der Waals surface area contributed by atoms with E-state index in [9.17, 15) is 0 Å². The van der Waals surface area contributed by atoms with Crippen LogP contribution >= 0.6 is 0 Å². The quantitative estimate of drug-likeness (QED) is 0.785. The Kier molecular flexibility index (Phi) is 4.24. The molecule has 2 rings (SSSR count). The van der Waals surface area contributed by atoms with Gasteiger partial charge in [-0.2, -0.15) is 0 Å². The first-order valence-corrected chi connectivity index (χ1v) is 6.84. The Morgan fingerprint density at radius 3 is 2.41 bits per heavy atom. The zero-order chi connectivity index (χ0) is 12.1. The van der Waals surface area contributed by atoms with Gasteiger partial charge < -0.3 is 5.32 Å². The fraction of sp³-hybridized carbons (Fsp3) is 0.500. The molecular formula is C16H23N. The molecular weight excluding hydrogens is 206 g/mol. The van der Waals surface area contributed by atoms with Crippen molar-refractivity contribution in [2.45, 2.75) is 45.4 Å². The van der Waals surface area contributed by atoms with Gasteiger partial charge in [0.15, 0.2) is 0 Å².